The normalized spacial score (nSPS) is 13.6. The Kier molecular flexibility index (Phi) is 23.6. The minimum absolute atomic E-state index is 0.00771. The van der Waals surface area contributed by atoms with Crippen LogP contribution in [-0.2, 0) is 36.3 Å². The van der Waals surface area contributed by atoms with Crippen LogP contribution in [0.3, 0.4) is 0 Å². The molecule has 0 spiro atoms. The summed E-state index contributed by atoms with van der Waals surface area (Å²) >= 11 is 0. The van der Waals surface area contributed by atoms with Gasteiger partial charge in [-0.2, -0.15) is 15.6 Å². The van der Waals surface area contributed by atoms with Crippen molar-refractivity contribution in [1.82, 2.24) is 14.6 Å². The number of ether oxygens (including phenoxy) is 4. The molecular weight excluding hydrogens is 731 g/mol. The van der Waals surface area contributed by atoms with E-state index in [9.17, 15) is 15.4 Å². The molecule has 0 aliphatic heterocycles. The highest BCUT2D eigenvalue weighted by Crippen LogP contribution is 2.36. The number of benzene rings is 1. The van der Waals surface area contributed by atoms with Crippen molar-refractivity contribution in [3.05, 3.63) is 53.5 Å². The summed E-state index contributed by atoms with van der Waals surface area (Å²) in [5.41, 5.74) is 7.32. The molecule has 2 heterocycles. The fourth-order valence-corrected chi connectivity index (χ4v) is 7.18. The van der Waals surface area contributed by atoms with Crippen LogP contribution in [0.25, 0.3) is 5.52 Å². The molecule has 2 aromatic heterocycles. The van der Waals surface area contributed by atoms with E-state index in [2.05, 4.69) is 29.1 Å². The predicted octanol–water partition coefficient (Wildman–Crippen LogP) is 9.15. The summed E-state index contributed by atoms with van der Waals surface area (Å²) in [6.45, 7) is 3.09. The highest BCUT2D eigenvalue weighted by molar-refractivity contribution is 7.40. The fraction of sp³-hybridized carbons (Fsp3) is 0.667. The Morgan fingerprint density at radius 3 is 2.14 bits per heavy atom. The van der Waals surface area contributed by atoms with Crippen LogP contribution in [0.2, 0.25) is 0 Å². The molecule has 0 aliphatic carbocycles. The molecule has 1 aromatic carbocycles. The van der Waals surface area contributed by atoms with E-state index in [0.717, 1.165) is 24.1 Å². The Morgan fingerprint density at radius 2 is 1.54 bits per heavy atom. The van der Waals surface area contributed by atoms with Gasteiger partial charge in [-0.1, -0.05) is 109 Å². The predicted molar refractivity (Wildman–Crippen MR) is 219 cm³/mol. The smallest absolute Gasteiger partial charge is 0.330 e. The first kappa shape index (κ1) is 47.0. The summed E-state index contributed by atoms with van der Waals surface area (Å²) in [4.78, 5) is 14.7. The third-order valence-corrected chi connectivity index (χ3v) is 10.8. The number of anilines is 1. The van der Waals surface area contributed by atoms with Gasteiger partial charge in [0, 0.05) is 19.4 Å². The molecule has 0 aliphatic rings. The number of hydrogen-bond donors (Lipinski definition) is 2. The molecule has 0 radical (unpaired) electrons. The summed E-state index contributed by atoms with van der Waals surface area (Å²) in [5.74, 6) is 0.853. The van der Waals surface area contributed by atoms with Crippen LogP contribution >= 0.6 is 8.60 Å². The highest BCUT2D eigenvalue weighted by atomic mass is 31.2. The highest BCUT2D eigenvalue weighted by Gasteiger charge is 2.32. The lowest BCUT2D eigenvalue weighted by Gasteiger charge is -2.26. The van der Waals surface area contributed by atoms with Gasteiger partial charge in [-0.15, -0.1) is 0 Å². The monoisotopic (exact) mass is 796 g/mol. The molecule has 0 fully saturated rings. The molecule has 0 amide bonds. The number of methoxy groups -OCH3 is 2. The van der Waals surface area contributed by atoms with Crippen molar-refractivity contribution in [2.45, 2.75) is 141 Å². The van der Waals surface area contributed by atoms with E-state index in [1.165, 1.54) is 110 Å². The van der Waals surface area contributed by atoms with E-state index in [1.807, 2.05) is 18.2 Å². The zero-order chi connectivity index (χ0) is 40.3. The molecule has 3 N–H and O–H groups in total. The molecule has 3 rings (SSSR count). The van der Waals surface area contributed by atoms with Gasteiger partial charge in [-0.25, -0.2) is 9.50 Å². The van der Waals surface area contributed by atoms with Gasteiger partial charge in [0.15, 0.2) is 11.4 Å². The second-order valence-corrected chi connectivity index (χ2v) is 15.3. The maximum atomic E-state index is 10.7. The van der Waals surface area contributed by atoms with Crippen molar-refractivity contribution < 1.29 is 32.9 Å². The zero-order valence-corrected chi connectivity index (χ0v) is 34.9. The summed E-state index contributed by atoms with van der Waals surface area (Å²) in [6.07, 6.45) is 22.5. The van der Waals surface area contributed by atoms with Crippen molar-refractivity contribution in [3.8, 4) is 17.9 Å². The van der Waals surface area contributed by atoms with E-state index >= 15 is 0 Å². The minimum Gasteiger partial charge on any atom is -0.495 e. The number of nitriles is 2. The van der Waals surface area contributed by atoms with E-state index < -0.39 is 20.3 Å². The molecule has 0 saturated carbocycles. The average Bonchev–Trinajstić information content (AvgIpc) is 3.65. The minimum atomic E-state index is -2.37. The lowest BCUT2D eigenvalue weighted by atomic mass is 9.99. The number of fused-ring (bicyclic) bond motifs is 1. The molecule has 0 saturated heterocycles. The first-order valence-corrected chi connectivity index (χ1v) is 21.6. The standard InChI is InChI=1S/C42H65N6O7P/c1-4-5-6-7-8-9-10-11-12-13-14-15-16-17-18-19-26-52-30-38(53-29-35-20-23-40(50-2)36(27-35)28-43)31-54-56(49)55-33-42(32-44,51-3)25-24-37-21-22-39-41(45)46-34-47-48(37)39/h20-23,27,34,38,49H,4-19,24-26,29-31,33H2,1-3H3,(H2,45,46,47). The van der Waals surface area contributed by atoms with Gasteiger partial charge in [0.05, 0.1) is 39.1 Å². The zero-order valence-electron chi connectivity index (χ0n) is 34.0. The maximum Gasteiger partial charge on any atom is 0.330 e. The fourth-order valence-electron chi connectivity index (χ4n) is 6.49. The topological polar surface area (TPSA) is 179 Å². The van der Waals surface area contributed by atoms with E-state index in [-0.39, 0.29) is 32.8 Å². The Balaban J connectivity index is 1.38. The molecule has 13 nitrogen and oxygen atoms in total. The van der Waals surface area contributed by atoms with Crippen LogP contribution in [-0.4, -0.2) is 71.8 Å². The Hall–Kier alpha value is -3.39. The summed E-state index contributed by atoms with van der Waals surface area (Å²) in [7, 11) is 0.588. The van der Waals surface area contributed by atoms with Crippen LogP contribution < -0.4 is 10.5 Å². The first-order chi connectivity index (χ1) is 27.4. The van der Waals surface area contributed by atoms with E-state index in [0.29, 0.717) is 35.7 Å². The number of nitrogen functional groups attached to an aromatic ring is 1. The Bertz CT molecular complexity index is 1600. The van der Waals surface area contributed by atoms with Crippen molar-refractivity contribution in [1.29, 1.82) is 10.5 Å². The van der Waals surface area contributed by atoms with Crippen molar-refractivity contribution in [2.24, 2.45) is 0 Å². The largest absolute Gasteiger partial charge is 0.495 e. The molecule has 0 bridgehead atoms. The SMILES string of the molecule is CCCCCCCCCCCCCCCCCCOCC(COP(O)OCC(C#N)(CCc1ccc2c(N)ncnn12)OC)OCc1ccc(OC)c(C#N)c1. The quantitative estimate of drug-likeness (QED) is 0.0442. The van der Waals surface area contributed by atoms with Gasteiger partial charge >= 0.3 is 8.60 Å². The molecule has 310 valence electrons. The maximum absolute atomic E-state index is 10.7. The van der Waals surface area contributed by atoms with Crippen LogP contribution in [0, 0.1) is 22.7 Å². The summed E-state index contributed by atoms with van der Waals surface area (Å²) in [5, 5.41) is 23.8. The summed E-state index contributed by atoms with van der Waals surface area (Å²) in [6, 6.07) is 13.3. The van der Waals surface area contributed by atoms with Crippen LogP contribution in [0.4, 0.5) is 5.82 Å². The Morgan fingerprint density at radius 1 is 0.875 bits per heavy atom. The number of hydrogen-bond acceptors (Lipinski definition) is 12. The van der Waals surface area contributed by atoms with E-state index in [4.69, 9.17) is 33.7 Å². The third kappa shape index (κ3) is 17.4. The number of aromatic nitrogens is 3. The van der Waals surface area contributed by atoms with Crippen LogP contribution in [0.5, 0.6) is 5.75 Å². The van der Waals surface area contributed by atoms with Crippen LogP contribution in [0.15, 0.2) is 36.7 Å². The average molecular weight is 797 g/mol. The number of rotatable bonds is 33. The number of aryl methyl sites for hydroxylation is 1. The lowest BCUT2D eigenvalue weighted by Crippen LogP contribution is -2.35. The Labute approximate surface area is 335 Å². The molecule has 14 heteroatoms. The van der Waals surface area contributed by atoms with Crippen molar-refractivity contribution >= 4 is 19.9 Å². The number of unbranched alkanes of at least 4 members (excludes halogenated alkanes) is 15. The van der Waals surface area contributed by atoms with Gasteiger partial charge in [-0.05, 0) is 49.1 Å². The van der Waals surface area contributed by atoms with Crippen molar-refractivity contribution in [2.75, 3.05) is 46.4 Å². The third-order valence-electron chi connectivity index (χ3n) is 10.0. The second-order valence-electron chi connectivity index (χ2n) is 14.3. The van der Waals surface area contributed by atoms with Gasteiger partial charge in [0.2, 0.25) is 0 Å². The van der Waals surface area contributed by atoms with E-state index in [1.54, 1.807) is 16.6 Å². The summed E-state index contributed by atoms with van der Waals surface area (Å²) < 4.78 is 36.0. The van der Waals surface area contributed by atoms with Crippen LogP contribution in [0.1, 0.15) is 133 Å². The molecule has 3 atom stereocenters. The second kappa shape index (κ2) is 28.1. The first-order valence-electron chi connectivity index (χ1n) is 20.4. The molecule has 3 unspecified atom stereocenters. The lowest BCUT2D eigenvalue weighted by molar-refractivity contribution is -0.0510. The van der Waals surface area contributed by atoms with Gasteiger partial charge in [0.1, 0.15) is 35.8 Å². The molecule has 56 heavy (non-hydrogen) atoms. The molecule has 3 aromatic rings. The molecular formula is C42H65N6O7P. The van der Waals surface area contributed by atoms with Gasteiger partial charge in [-0.3, -0.25) is 0 Å². The number of nitrogens with zero attached hydrogens (tertiary/aromatic N) is 5. The van der Waals surface area contributed by atoms with Crippen molar-refractivity contribution in [3.63, 3.8) is 0 Å². The van der Waals surface area contributed by atoms with Gasteiger partial charge in [0.25, 0.3) is 0 Å². The van der Waals surface area contributed by atoms with Gasteiger partial charge < -0.3 is 38.6 Å². The number of nitrogens with two attached hydrogens (primary N) is 1.